The van der Waals surface area contributed by atoms with E-state index in [1.807, 2.05) is 30.3 Å². The average Bonchev–Trinajstić information content (AvgIpc) is 2.61. The van der Waals surface area contributed by atoms with Crippen LogP contribution in [0.5, 0.6) is 0 Å². The summed E-state index contributed by atoms with van der Waals surface area (Å²) in [6.45, 7) is 2.06. The fraction of sp³-hybridized carbons (Fsp3) is 0.143. The highest BCUT2D eigenvalue weighted by molar-refractivity contribution is 5.95. The number of nitrogens with zero attached hydrogens (tertiary/aromatic N) is 1. The molecule has 0 saturated carbocycles. The molecule has 0 fully saturated rings. The van der Waals surface area contributed by atoms with Crippen molar-refractivity contribution >= 4 is 5.91 Å². The number of pyridine rings is 1. The Morgan fingerprint density at radius 1 is 1.00 bits per heavy atom. The second-order valence-electron chi connectivity index (χ2n) is 5.98. The molecule has 0 atom stereocenters. The third-order valence-corrected chi connectivity index (χ3v) is 4.02. The topological polar surface area (TPSA) is 42.0 Å². The number of nitrogens with one attached hydrogen (secondary N) is 1. The Bertz CT molecular complexity index is 906. The van der Waals surface area contributed by atoms with E-state index in [-0.39, 0.29) is 12.5 Å². The van der Waals surface area contributed by atoms with E-state index in [4.69, 9.17) is 0 Å². The van der Waals surface area contributed by atoms with E-state index in [0.29, 0.717) is 23.2 Å². The van der Waals surface area contributed by atoms with Gasteiger partial charge >= 0.3 is 0 Å². The lowest BCUT2D eigenvalue weighted by atomic mass is 10.1. The smallest absolute Gasteiger partial charge is 0.253 e. The summed E-state index contributed by atoms with van der Waals surface area (Å²) in [6, 6.07) is 16.6. The second-order valence-corrected chi connectivity index (χ2v) is 5.98. The zero-order valence-corrected chi connectivity index (χ0v) is 14.3. The predicted octanol–water partition coefficient (Wildman–Crippen LogP) is 4.31. The van der Waals surface area contributed by atoms with Crippen LogP contribution in [0.3, 0.4) is 0 Å². The monoisotopic (exact) mass is 352 g/mol. The third kappa shape index (κ3) is 4.30. The molecule has 1 N–H and O–H groups in total. The van der Waals surface area contributed by atoms with Crippen LogP contribution >= 0.6 is 0 Å². The van der Waals surface area contributed by atoms with Crippen LogP contribution < -0.4 is 5.32 Å². The molecule has 5 heteroatoms. The lowest BCUT2D eigenvalue weighted by Gasteiger charge is -2.09. The normalized spacial score (nSPS) is 10.6. The van der Waals surface area contributed by atoms with Gasteiger partial charge in [0.05, 0.1) is 17.0 Å². The largest absolute Gasteiger partial charge is 0.352 e. The van der Waals surface area contributed by atoms with E-state index in [9.17, 15) is 13.6 Å². The first-order valence-electron chi connectivity index (χ1n) is 8.29. The zero-order valence-electron chi connectivity index (χ0n) is 14.3. The van der Waals surface area contributed by atoms with Gasteiger partial charge in [-0.25, -0.2) is 8.78 Å². The summed E-state index contributed by atoms with van der Waals surface area (Å²) in [4.78, 5) is 16.8. The molecule has 0 spiro atoms. The van der Waals surface area contributed by atoms with Crippen LogP contribution in [-0.4, -0.2) is 17.4 Å². The van der Waals surface area contributed by atoms with Gasteiger partial charge in [-0.2, -0.15) is 0 Å². The molecule has 1 aromatic heterocycles. The molecule has 2 aromatic carbocycles. The molecular weight excluding hydrogens is 334 g/mol. The quantitative estimate of drug-likeness (QED) is 0.744. The average molecular weight is 352 g/mol. The van der Waals surface area contributed by atoms with E-state index >= 15 is 0 Å². The number of halogens is 2. The molecule has 0 bridgehead atoms. The van der Waals surface area contributed by atoms with E-state index in [1.54, 1.807) is 19.1 Å². The van der Waals surface area contributed by atoms with Crippen LogP contribution in [0.2, 0.25) is 0 Å². The maximum absolute atomic E-state index is 13.2. The Balaban J connectivity index is 1.64. The molecular formula is C21H18F2N2O. The van der Waals surface area contributed by atoms with Crippen molar-refractivity contribution in [2.75, 3.05) is 6.54 Å². The van der Waals surface area contributed by atoms with Crippen molar-refractivity contribution in [2.24, 2.45) is 0 Å². The minimum absolute atomic E-state index is 0.258. The highest BCUT2D eigenvalue weighted by atomic mass is 19.1. The Labute approximate surface area is 150 Å². The van der Waals surface area contributed by atoms with Crippen LogP contribution in [0.25, 0.3) is 11.3 Å². The van der Waals surface area contributed by atoms with Crippen LogP contribution in [0, 0.1) is 18.6 Å². The Hall–Kier alpha value is -3.08. The molecule has 132 valence electrons. The first kappa shape index (κ1) is 17.7. The summed E-state index contributed by atoms with van der Waals surface area (Å²) >= 11 is 0. The Morgan fingerprint density at radius 2 is 1.69 bits per heavy atom. The summed E-state index contributed by atoms with van der Waals surface area (Å²) in [6.07, 6.45) is 0.342. The van der Waals surface area contributed by atoms with Gasteiger partial charge in [-0.15, -0.1) is 0 Å². The molecule has 1 amide bonds. The Kier molecular flexibility index (Phi) is 5.37. The van der Waals surface area contributed by atoms with Crippen LogP contribution in [0.4, 0.5) is 8.78 Å². The molecule has 0 aliphatic carbocycles. The van der Waals surface area contributed by atoms with Crippen molar-refractivity contribution in [1.82, 2.24) is 10.3 Å². The van der Waals surface area contributed by atoms with Crippen molar-refractivity contribution in [3.63, 3.8) is 0 Å². The van der Waals surface area contributed by atoms with Gasteiger partial charge < -0.3 is 5.32 Å². The van der Waals surface area contributed by atoms with E-state index in [0.717, 1.165) is 17.3 Å². The minimum Gasteiger partial charge on any atom is -0.352 e. The maximum Gasteiger partial charge on any atom is 0.253 e. The molecule has 0 radical (unpaired) electrons. The van der Waals surface area contributed by atoms with Crippen molar-refractivity contribution in [3.05, 3.63) is 89.1 Å². The summed E-state index contributed by atoms with van der Waals surface area (Å²) in [5.41, 5.74) is 3.39. The van der Waals surface area contributed by atoms with Gasteiger partial charge in [0.25, 0.3) is 5.91 Å². The molecule has 0 unspecified atom stereocenters. The number of rotatable bonds is 5. The fourth-order valence-corrected chi connectivity index (χ4v) is 2.74. The Morgan fingerprint density at radius 3 is 2.35 bits per heavy atom. The summed E-state index contributed by atoms with van der Waals surface area (Å²) in [5.74, 6) is -1.50. The number of carbonyl (C=O) groups is 1. The zero-order chi connectivity index (χ0) is 18.5. The number of hydrogen-bond donors (Lipinski definition) is 1. The van der Waals surface area contributed by atoms with Crippen molar-refractivity contribution < 1.29 is 13.6 Å². The predicted molar refractivity (Wildman–Crippen MR) is 96.8 cm³/mol. The summed E-state index contributed by atoms with van der Waals surface area (Å²) in [7, 11) is 0. The lowest BCUT2D eigenvalue weighted by molar-refractivity contribution is 0.0953. The second kappa shape index (κ2) is 7.87. The van der Waals surface area contributed by atoms with E-state index < -0.39 is 11.6 Å². The first-order valence-corrected chi connectivity index (χ1v) is 8.29. The van der Waals surface area contributed by atoms with Gasteiger partial charge in [0.15, 0.2) is 0 Å². The molecule has 26 heavy (non-hydrogen) atoms. The van der Waals surface area contributed by atoms with Gasteiger partial charge in [0, 0.05) is 18.2 Å². The van der Waals surface area contributed by atoms with Gasteiger partial charge in [-0.3, -0.25) is 9.78 Å². The van der Waals surface area contributed by atoms with E-state index in [2.05, 4.69) is 10.3 Å². The molecule has 0 saturated heterocycles. The van der Waals surface area contributed by atoms with Gasteiger partial charge in [0.1, 0.15) is 11.6 Å². The lowest BCUT2D eigenvalue weighted by Crippen LogP contribution is -2.26. The highest BCUT2D eigenvalue weighted by Crippen LogP contribution is 2.18. The number of benzene rings is 2. The van der Waals surface area contributed by atoms with Gasteiger partial charge in [-0.1, -0.05) is 30.3 Å². The number of hydrogen-bond acceptors (Lipinski definition) is 2. The number of amides is 1. The number of aromatic nitrogens is 1. The molecule has 3 nitrogen and oxygen atoms in total. The van der Waals surface area contributed by atoms with E-state index in [1.165, 1.54) is 12.1 Å². The van der Waals surface area contributed by atoms with Crippen molar-refractivity contribution in [1.29, 1.82) is 0 Å². The number of carbonyl (C=O) groups excluding carboxylic acids is 1. The van der Waals surface area contributed by atoms with Crippen molar-refractivity contribution in [2.45, 2.75) is 13.3 Å². The highest BCUT2D eigenvalue weighted by Gasteiger charge is 2.11. The molecule has 3 aromatic rings. The minimum atomic E-state index is -0.622. The SMILES string of the molecule is Cc1nc(-c2ccccc2)ccc1C(=O)NCCc1cc(F)cc(F)c1. The van der Waals surface area contributed by atoms with Crippen LogP contribution in [0.15, 0.2) is 60.7 Å². The van der Waals surface area contributed by atoms with Gasteiger partial charge in [-0.05, 0) is 43.2 Å². The van der Waals surface area contributed by atoms with Crippen LogP contribution in [-0.2, 0) is 6.42 Å². The van der Waals surface area contributed by atoms with Gasteiger partial charge in [0.2, 0.25) is 0 Å². The maximum atomic E-state index is 13.2. The standard InChI is InChI=1S/C21H18F2N2O/c1-14-19(7-8-20(25-14)16-5-3-2-4-6-16)21(26)24-10-9-15-11-17(22)13-18(23)12-15/h2-8,11-13H,9-10H2,1H3,(H,24,26). The molecule has 3 rings (SSSR count). The summed E-state index contributed by atoms with van der Waals surface area (Å²) in [5, 5.41) is 2.76. The fourth-order valence-electron chi connectivity index (χ4n) is 2.74. The molecule has 1 heterocycles. The van der Waals surface area contributed by atoms with Crippen LogP contribution in [0.1, 0.15) is 21.6 Å². The van der Waals surface area contributed by atoms with Crippen molar-refractivity contribution in [3.8, 4) is 11.3 Å². The third-order valence-electron chi connectivity index (χ3n) is 4.02. The summed E-state index contributed by atoms with van der Waals surface area (Å²) < 4.78 is 26.3. The molecule has 0 aliphatic heterocycles. The number of aryl methyl sites for hydroxylation is 1. The molecule has 0 aliphatic rings. The first-order chi connectivity index (χ1) is 12.5.